The Kier molecular flexibility index (Phi) is 9.12. The van der Waals surface area contributed by atoms with E-state index < -0.39 is 0 Å². The maximum atomic E-state index is 11.5. The molecule has 0 aromatic heterocycles. The van der Waals surface area contributed by atoms with E-state index in [-0.39, 0.29) is 19.1 Å². The summed E-state index contributed by atoms with van der Waals surface area (Å²) in [4.78, 5) is 11.5. The van der Waals surface area contributed by atoms with E-state index in [1.807, 2.05) is 13.8 Å². The van der Waals surface area contributed by atoms with Crippen LogP contribution in [-0.2, 0) is 11.4 Å². The first-order valence-electron chi connectivity index (χ1n) is 6.27. The van der Waals surface area contributed by atoms with Crippen LogP contribution >= 0.6 is 0 Å². The van der Waals surface area contributed by atoms with Crippen molar-refractivity contribution in [1.82, 2.24) is 5.32 Å². The second kappa shape index (κ2) is 10.1. The minimum Gasteiger partial charge on any atom is -0.392 e. The molecule has 0 saturated carbocycles. The molecule has 1 rings (SSSR count). The Morgan fingerprint density at radius 2 is 1.89 bits per heavy atom. The van der Waals surface area contributed by atoms with E-state index in [2.05, 4.69) is 17.2 Å². The van der Waals surface area contributed by atoms with Gasteiger partial charge in [0.1, 0.15) is 0 Å². The third kappa shape index (κ3) is 7.23. The molecule has 0 spiro atoms. The van der Waals surface area contributed by atoms with E-state index in [0.29, 0.717) is 17.9 Å². The highest BCUT2D eigenvalue weighted by Crippen LogP contribution is 2.08. The zero-order valence-corrected chi connectivity index (χ0v) is 11.6. The van der Waals surface area contributed by atoms with Gasteiger partial charge in [0.25, 0.3) is 0 Å². The van der Waals surface area contributed by atoms with Gasteiger partial charge in [-0.05, 0) is 17.7 Å². The van der Waals surface area contributed by atoms with Gasteiger partial charge in [-0.2, -0.15) is 0 Å². The first kappa shape index (κ1) is 17.2. The molecule has 106 valence electrons. The number of benzene rings is 1. The molecular formula is C14H23N3O2. The summed E-state index contributed by atoms with van der Waals surface area (Å²) < 4.78 is 0. The van der Waals surface area contributed by atoms with Gasteiger partial charge in [-0.15, -0.1) is 0 Å². The number of aliphatic hydroxyl groups excluding tert-OH is 1. The smallest absolute Gasteiger partial charge is 0.243 e. The van der Waals surface area contributed by atoms with Crippen LogP contribution in [0.3, 0.4) is 0 Å². The average Bonchev–Trinajstić information content (AvgIpc) is 2.47. The normalized spacial score (nSPS) is 9.05. The van der Waals surface area contributed by atoms with Gasteiger partial charge in [-0.25, -0.2) is 0 Å². The molecule has 0 aliphatic carbocycles. The highest BCUT2D eigenvalue weighted by atomic mass is 16.3. The quantitative estimate of drug-likeness (QED) is 0.622. The van der Waals surface area contributed by atoms with E-state index in [9.17, 15) is 4.79 Å². The van der Waals surface area contributed by atoms with Gasteiger partial charge >= 0.3 is 0 Å². The van der Waals surface area contributed by atoms with Crippen molar-refractivity contribution in [2.45, 2.75) is 20.5 Å². The number of nitrogens with two attached hydrogens (primary N) is 1. The molecule has 0 saturated heterocycles. The molecule has 0 heterocycles. The van der Waals surface area contributed by atoms with Crippen LogP contribution in [0.5, 0.6) is 0 Å². The second-order valence-electron chi connectivity index (χ2n) is 3.56. The summed E-state index contributed by atoms with van der Waals surface area (Å²) in [5, 5.41) is 14.4. The van der Waals surface area contributed by atoms with Crippen LogP contribution in [0.4, 0.5) is 5.69 Å². The van der Waals surface area contributed by atoms with Gasteiger partial charge in [-0.3, -0.25) is 4.79 Å². The average molecular weight is 265 g/mol. The number of rotatable bonds is 6. The fourth-order valence-corrected chi connectivity index (χ4v) is 1.18. The number of carbonyl (C=O) groups is 1. The molecule has 5 heteroatoms. The first-order chi connectivity index (χ1) is 9.15. The van der Waals surface area contributed by atoms with Crippen molar-refractivity contribution >= 4 is 11.6 Å². The third-order valence-corrected chi connectivity index (χ3v) is 2.17. The molecule has 0 unspecified atom stereocenters. The van der Waals surface area contributed by atoms with E-state index in [0.717, 1.165) is 5.56 Å². The van der Waals surface area contributed by atoms with Crippen molar-refractivity contribution in [1.29, 1.82) is 0 Å². The minimum absolute atomic E-state index is 0.00783. The molecule has 0 fully saturated rings. The molecule has 1 aromatic rings. The van der Waals surface area contributed by atoms with Crippen molar-refractivity contribution in [3.8, 4) is 0 Å². The highest BCUT2D eigenvalue weighted by molar-refractivity contribution is 5.92. The molecule has 5 N–H and O–H groups in total. The summed E-state index contributed by atoms with van der Waals surface area (Å²) in [6, 6.07) is 6.98. The molecule has 19 heavy (non-hydrogen) atoms. The van der Waals surface area contributed by atoms with Gasteiger partial charge in [0, 0.05) is 17.9 Å². The molecule has 0 bridgehead atoms. The number of hydrogen-bond donors (Lipinski definition) is 4. The Morgan fingerprint density at radius 3 is 2.37 bits per heavy atom. The zero-order valence-electron chi connectivity index (χ0n) is 11.6. The minimum atomic E-state index is -0.170. The van der Waals surface area contributed by atoms with E-state index in [1.165, 1.54) is 0 Å². The van der Waals surface area contributed by atoms with Gasteiger partial charge in [-0.1, -0.05) is 32.6 Å². The van der Waals surface area contributed by atoms with Crippen LogP contribution in [0.1, 0.15) is 19.4 Å². The number of hydrogen-bond acceptors (Lipinski definition) is 4. The number of aliphatic hydroxyl groups is 1. The number of carbonyl (C=O) groups excluding carboxylic acids is 1. The summed E-state index contributed by atoms with van der Waals surface area (Å²) in [6.45, 7) is 8.06. The maximum absolute atomic E-state index is 11.5. The summed E-state index contributed by atoms with van der Waals surface area (Å²) in [5.74, 6) is -0.170. The van der Waals surface area contributed by atoms with Crippen molar-refractivity contribution < 1.29 is 9.90 Å². The highest BCUT2D eigenvalue weighted by Gasteiger charge is 2.02. The van der Waals surface area contributed by atoms with Crippen LogP contribution in [0.25, 0.3) is 0 Å². The lowest BCUT2D eigenvalue weighted by atomic mass is 10.2. The lowest BCUT2D eigenvalue weighted by Crippen LogP contribution is -2.29. The van der Waals surface area contributed by atoms with E-state index >= 15 is 0 Å². The number of nitrogens with one attached hydrogen (secondary N) is 2. The van der Waals surface area contributed by atoms with Crippen LogP contribution in [0.2, 0.25) is 0 Å². The Morgan fingerprint density at radius 1 is 1.32 bits per heavy atom. The lowest BCUT2D eigenvalue weighted by molar-refractivity contribution is -0.115. The van der Waals surface area contributed by atoms with Crippen molar-refractivity contribution in [2.75, 3.05) is 18.4 Å². The first-order valence-corrected chi connectivity index (χ1v) is 6.27. The largest absolute Gasteiger partial charge is 0.392 e. The summed E-state index contributed by atoms with van der Waals surface area (Å²) in [7, 11) is 0. The van der Waals surface area contributed by atoms with E-state index in [4.69, 9.17) is 10.8 Å². The molecule has 5 nitrogen and oxygen atoms in total. The summed E-state index contributed by atoms with van der Waals surface area (Å²) in [6.07, 6.45) is 0. The molecule has 0 radical (unpaired) electrons. The summed E-state index contributed by atoms with van der Waals surface area (Å²) in [5.41, 5.74) is 7.44. The number of anilines is 1. The number of amides is 1. The fraction of sp³-hybridized carbons (Fsp3) is 0.357. The van der Waals surface area contributed by atoms with Gasteiger partial charge in [0.15, 0.2) is 0 Å². The van der Waals surface area contributed by atoms with Crippen LogP contribution in [0, 0.1) is 0 Å². The molecular weight excluding hydrogens is 242 g/mol. The Balaban J connectivity index is 0.00000154. The Labute approximate surface area is 114 Å². The zero-order chi connectivity index (χ0) is 14.7. The Hall–Kier alpha value is -1.85. The van der Waals surface area contributed by atoms with Crippen LogP contribution in [0.15, 0.2) is 36.5 Å². The lowest BCUT2D eigenvalue weighted by Gasteiger charge is -2.08. The second-order valence-corrected chi connectivity index (χ2v) is 3.56. The van der Waals surface area contributed by atoms with Crippen LogP contribution in [-0.4, -0.2) is 24.1 Å². The standard InChI is InChI=1S/C12H17N3O2.C2H6/c1-9(6-13)14-7-12(17)15-11-4-2-10(8-16)3-5-11;1-2/h2-5,14,16H,1,6-8,13H2,(H,15,17);1-2H3. The molecule has 1 amide bonds. The van der Waals surface area contributed by atoms with E-state index in [1.54, 1.807) is 24.3 Å². The third-order valence-electron chi connectivity index (χ3n) is 2.17. The van der Waals surface area contributed by atoms with Gasteiger partial charge < -0.3 is 21.5 Å². The van der Waals surface area contributed by atoms with Crippen molar-refractivity contribution in [2.24, 2.45) is 5.73 Å². The molecule has 0 aliphatic rings. The van der Waals surface area contributed by atoms with Crippen molar-refractivity contribution in [3.05, 3.63) is 42.1 Å². The molecule has 0 aliphatic heterocycles. The van der Waals surface area contributed by atoms with Gasteiger partial charge in [0.05, 0.1) is 13.2 Å². The monoisotopic (exact) mass is 265 g/mol. The van der Waals surface area contributed by atoms with Crippen LogP contribution < -0.4 is 16.4 Å². The van der Waals surface area contributed by atoms with Gasteiger partial charge in [0.2, 0.25) is 5.91 Å². The predicted octanol–water partition coefficient (Wildman–Crippen LogP) is 1.21. The SMILES string of the molecule is C=C(CN)NCC(=O)Nc1ccc(CO)cc1.CC. The maximum Gasteiger partial charge on any atom is 0.243 e. The summed E-state index contributed by atoms with van der Waals surface area (Å²) >= 11 is 0. The molecule has 1 aromatic carbocycles. The molecule has 0 atom stereocenters. The fourth-order valence-electron chi connectivity index (χ4n) is 1.18. The van der Waals surface area contributed by atoms with Crippen molar-refractivity contribution in [3.63, 3.8) is 0 Å². The topological polar surface area (TPSA) is 87.4 Å². The predicted molar refractivity (Wildman–Crippen MR) is 78.5 cm³/mol. The Bertz CT molecular complexity index is 388.